The van der Waals surface area contributed by atoms with Gasteiger partial charge in [0, 0.05) is 24.9 Å². The molecule has 20 heavy (non-hydrogen) atoms. The summed E-state index contributed by atoms with van der Waals surface area (Å²) in [6.45, 7) is 5.09. The van der Waals surface area contributed by atoms with Gasteiger partial charge < -0.3 is 4.90 Å². The maximum atomic E-state index is 12.5. The van der Waals surface area contributed by atoms with Crippen LogP contribution in [0.15, 0.2) is 6.20 Å². The largest absolute Gasteiger partial charge is 0.337 e. The summed E-state index contributed by atoms with van der Waals surface area (Å²) in [6.07, 6.45) is 2.91. The van der Waals surface area contributed by atoms with E-state index in [1.165, 1.54) is 6.20 Å². The Bertz CT molecular complexity index is 545. The van der Waals surface area contributed by atoms with E-state index in [1.807, 2.05) is 13.8 Å². The number of halogens is 1. The number of carbonyl (C=O) groups is 1. The van der Waals surface area contributed by atoms with Gasteiger partial charge in [0.15, 0.2) is 5.69 Å². The van der Waals surface area contributed by atoms with Crippen LogP contribution >= 0.6 is 11.6 Å². The summed E-state index contributed by atoms with van der Waals surface area (Å²) in [4.78, 5) is 22.6. The first-order valence-corrected chi connectivity index (χ1v) is 7.12. The first-order valence-electron chi connectivity index (χ1n) is 6.74. The zero-order valence-electron chi connectivity index (χ0n) is 11.6. The number of nitriles is 1. The number of hydrogen-bond acceptors (Lipinski definition) is 4. The lowest BCUT2D eigenvalue weighted by Gasteiger charge is -2.29. The van der Waals surface area contributed by atoms with Crippen LogP contribution in [-0.4, -0.2) is 33.9 Å². The second kappa shape index (κ2) is 6.19. The molecule has 5 nitrogen and oxygen atoms in total. The Hall–Kier alpha value is -1.67. The van der Waals surface area contributed by atoms with Crippen LogP contribution in [0.25, 0.3) is 0 Å². The number of likely N-dealkylation sites (tertiary alicyclic amines) is 1. The molecule has 0 radical (unpaired) electrons. The van der Waals surface area contributed by atoms with Gasteiger partial charge >= 0.3 is 0 Å². The van der Waals surface area contributed by atoms with Crippen molar-refractivity contribution >= 4 is 17.5 Å². The van der Waals surface area contributed by atoms with Crippen molar-refractivity contribution in [2.24, 2.45) is 5.92 Å². The van der Waals surface area contributed by atoms with Gasteiger partial charge in [0.05, 0.1) is 17.3 Å². The van der Waals surface area contributed by atoms with E-state index in [0.29, 0.717) is 31.8 Å². The lowest BCUT2D eigenvalue weighted by molar-refractivity contribution is 0.0701. The second-order valence-electron chi connectivity index (χ2n) is 5.28. The number of amides is 1. The standard InChI is InChI=1S/C14H17ClN4O/c1-9(2)13-17-8-11(15)12(18-13)14(20)19-5-3-10(7-16)4-6-19/h8-10H,3-6H2,1-2H3. The zero-order chi connectivity index (χ0) is 14.7. The van der Waals surface area contributed by atoms with Gasteiger partial charge in [-0.2, -0.15) is 5.26 Å². The molecular weight excluding hydrogens is 276 g/mol. The van der Waals surface area contributed by atoms with E-state index in [2.05, 4.69) is 16.0 Å². The molecule has 0 aromatic carbocycles. The van der Waals surface area contributed by atoms with Crippen molar-refractivity contribution in [2.45, 2.75) is 32.6 Å². The van der Waals surface area contributed by atoms with Crippen LogP contribution in [0.5, 0.6) is 0 Å². The summed E-state index contributed by atoms with van der Waals surface area (Å²) in [7, 11) is 0. The van der Waals surface area contributed by atoms with Gasteiger partial charge in [-0.25, -0.2) is 9.97 Å². The summed E-state index contributed by atoms with van der Waals surface area (Å²) >= 11 is 6.05. The molecule has 1 saturated heterocycles. The van der Waals surface area contributed by atoms with Gasteiger partial charge in [-0.05, 0) is 12.8 Å². The molecule has 0 aliphatic carbocycles. The van der Waals surface area contributed by atoms with Gasteiger partial charge in [0.2, 0.25) is 0 Å². The van der Waals surface area contributed by atoms with Gasteiger partial charge in [0.1, 0.15) is 5.82 Å². The molecule has 106 valence electrons. The first-order chi connectivity index (χ1) is 9.52. The fourth-order valence-electron chi connectivity index (χ4n) is 2.17. The van der Waals surface area contributed by atoms with Gasteiger partial charge in [0.25, 0.3) is 5.91 Å². The Balaban J connectivity index is 2.17. The maximum Gasteiger partial charge on any atom is 0.274 e. The van der Waals surface area contributed by atoms with E-state index >= 15 is 0 Å². The normalized spacial score (nSPS) is 16.2. The molecule has 1 aliphatic rings. The molecule has 0 spiro atoms. The van der Waals surface area contributed by atoms with Crippen molar-refractivity contribution in [3.05, 3.63) is 22.7 Å². The SMILES string of the molecule is CC(C)c1ncc(Cl)c(C(=O)N2CCC(C#N)CC2)n1. The fraction of sp³-hybridized carbons (Fsp3) is 0.571. The summed E-state index contributed by atoms with van der Waals surface area (Å²) in [5.74, 6) is 0.634. The summed E-state index contributed by atoms with van der Waals surface area (Å²) in [5, 5.41) is 9.16. The molecule has 0 bridgehead atoms. The third-order valence-electron chi connectivity index (χ3n) is 3.45. The molecule has 2 heterocycles. The number of aromatic nitrogens is 2. The van der Waals surface area contributed by atoms with Gasteiger partial charge in [-0.3, -0.25) is 4.79 Å². The third kappa shape index (κ3) is 3.07. The van der Waals surface area contributed by atoms with E-state index < -0.39 is 0 Å². The molecule has 1 aromatic heterocycles. The van der Waals surface area contributed by atoms with E-state index in [9.17, 15) is 4.79 Å². The molecule has 1 fully saturated rings. The monoisotopic (exact) mass is 292 g/mol. The van der Waals surface area contributed by atoms with Crippen molar-refractivity contribution in [3.8, 4) is 6.07 Å². The smallest absolute Gasteiger partial charge is 0.274 e. The van der Waals surface area contributed by atoms with Crippen molar-refractivity contribution < 1.29 is 4.79 Å². The van der Waals surface area contributed by atoms with Crippen molar-refractivity contribution in [3.63, 3.8) is 0 Å². The number of piperidine rings is 1. The average molecular weight is 293 g/mol. The van der Waals surface area contributed by atoms with E-state index in [0.717, 1.165) is 0 Å². The van der Waals surface area contributed by atoms with Crippen molar-refractivity contribution in [2.75, 3.05) is 13.1 Å². The molecule has 0 atom stereocenters. The highest BCUT2D eigenvalue weighted by molar-refractivity contribution is 6.33. The van der Waals surface area contributed by atoms with Crippen LogP contribution in [0, 0.1) is 17.2 Å². The highest BCUT2D eigenvalue weighted by Gasteiger charge is 2.26. The molecule has 1 aliphatic heterocycles. The number of rotatable bonds is 2. The molecular formula is C14H17ClN4O. The third-order valence-corrected chi connectivity index (χ3v) is 3.72. The molecule has 1 amide bonds. The number of nitrogens with zero attached hydrogens (tertiary/aromatic N) is 4. The Kier molecular flexibility index (Phi) is 4.56. The molecule has 0 unspecified atom stereocenters. The predicted molar refractivity (Wildman–Crippen MR) is 75.4 cm³/mol. The molecule has 0 saturated carbocycles. The highest BCUT2D eigenvalue weighted by atomic mass is 35.5. The first kappa shape index (κ1) is 14.7. The van der Waals surface area contributed by atoms with E-state index in [1.54, 1.807) is 4.90 Å². The van der Waals surface area contributed by atoms with Gasteiger partial charge in [-0.1, -0.05) is 25.4 Å². The van der Waals surface area contributed by atoms with Crippen LogP contribution in [0.2, 0.25) is 5.02 Å². The minimum absolute atomic E-state index is 0.0474. The van der Waals surface area contributed by atoms with Crippen LogP contribution in [-0.2, 0) is 0 Å². The Morgan fingerprint density at radius 3 is 2.70 bits per heavy atom. The van der Waals surface area contributed by atoms with E-state index in [4.69, 9.17) is 16.9 Å². The second-order valence-corrected chi connectivity index (χ2v) is 5.68. The topological polar surface area (TPSA) is 69.9 Å². The van der Waals surface area contributed by atoms with Crippen LogP contribution in [0.1, 0.15) is 48.9 Å². The molecule has 2 rings (SSSR count). The zero-order valence-corrected chi connectivity index (χ0v) is 12.4. The van der Waals surface area contributed by atoms with Crippen molar-refractivity contribution in [1.82, 2.24) is 14.9 Å². The molecule has 0 N–H and O–H groups in total. The Labute approximate surface area is 123 Å². The predicted octanol–water partition coefficient (Wildman–Crippen LogP) is 2.63. The maximum absolute atomic E-state index is 12.5. The van der Waals surface area contributed by atoms with Crippen molar-refractivity contribution in [1.29, 1.82) is 5.26 Å². The molecule has 1 aromatic rings. The minimum Gasteiger partial charge on any atom is -0.337 e. The molecule has 6 heteroatoms. The summed E-state index contributed by atoms with van der Waals surface area (Å²) < 4.78 is 0. The van der Waals surface area contributed by atoms with E-state index in [-0.39, 0.29) is 28.5 Å². The Morgan fingerprint density at radius 1 is 1.50 bits per heavy atom. The summed E-state index contributed by atoms with van der Waals surface area (Å²) in [5.41, 5.74) is 0.265. The lowest BCUT2D eigenvalue weighted by atomic mass is 9.98. The fourth-order valence-corrected chi connectivity index (χ4v) is 2.34. The van der Waals surface area contributed by atoms with Crippen LogP contribution < -0.4 is 0 Å². The quantitative estimate of drug-likeness (QED) is 0.840. The van der Waals surface area contributed by atoms with Crippen LogP contribution in [0.4, 0.5) is 0 Å². The number of carbonyl (C=O) groups excluding carboxylic acids is 1. The van der Waals surface area contributed by atoms with Gasteiger partial charge in [-0.15, -0.1) is 0 Å². The number of hydrogen-bond donors (Lipinski definition) is 0. The lowest BCUT2D eigenvalue weighted by Crippen LogP contribution is -2.38. The average Bonchev–Trinajstić information content (AvgIpc) is 2.47. The highest BCUT2D eigenvalue weighted by Crippen LogP contribution is 2.21. The van der Waals surface area contributed by atoms with Crippen LogP contribution in [0.3, 0.4) is 0 Å². The Morgan fingerprint density at radius 2 is 2.15 bits per heavy atom. The summed E-state index contributed by atoms with van der Waals surface area (Å²) in [6, 6.07) is 2.25. The minimum atomic E-state index is -0.171.